The number of hydrazone groups is 1. The van der Waals surface area contributed by atoms with Crippen molar-refractivity contribution in [1.29, 1.82) is 0 Å². The molecule has 0 radical (unpaired) electrons. The van der Waals surface area contributed by atoms with Crippen LogP contribution in [0.15, 0.2) is 23.3 Å². The van der Waals surface area contributed by atoms with E-state index in [2.05, 4.69) is 10.5 Å². The molecule has 1 heterocycles. The summed E-state index contributed by atoms with van der Waals surface area (Å²) in [6.45, 7) is 2.71. The summed E-state index contributed by atoms with van der Waals surface area (Å²) in [5.41, 5.74) is 3.07. The van der Waals surface area contributed by atoms with Crippen LogP contribution in [0.25, 0.3) is 0 Å². The summed E-state index contributed by atoms with van der Waals surface area (Å²) in [6, 6.07) is 5.01. The van der Waals surface area contributed by atoms with E-state index in [0.717, 1.165) is 0 Å². The van der Waals surface area contributed by atoms with Crippen LogP contribution in [0.3, 0.4) is 0 Å². The predicted molar refractivity (Wildman–Crippen MR) is 77.1 cm³/mol. The molecule has 20 heavy (non-hydrogen) atoms. The van der Waals surface area contributed by atoms with Crippen molar-refractivity contribution < 1.29 is 14.3 Å². The van der Waals surface area contributed by atoms with Gasteiger partial charge in [0, 0.05) is 10.6 Å². The zero-order valence-corrected chi connectivity index (χ0v) is 12.4. The number of benzene rings is 1. The Kier molecular flexibility index (Phi) is 4.99. The molecular weight excluding hydrogens is 303 g/mol. The molecule has 7 heteroatoms. The lowest BCUT2D eigenvalue weighted by Crippen LogP contribution is -2.33. The maximum Gasteiger partial charge on any atom is 0.245 e. The van der Waals surface area contributed by atoms with E-state index in [-0.39, 0.29) is 12.3 Å². The number of carbonyl (C=O) groups excluding carboxylic acids is 1. The monoisotopic (exact) mass is 316 g/mol. The van der Waals surface area contributed by atoms with Crippen molar-refractivity contribution in [2.75, 3.05) is 13.2 Å². The highest BCUT2D eigenvalue weighted by Crippen LogP contribution is 2.22. The lowest BCUT2D eigenvalue weighted by molar-refractivity contribution is -0.159. The van der Waals surface area contributed by atoms with Gasteiger partial charge < -0.3 is 9.47 Å². The molecule has 1 aliphatic rings. The van der Waals surface area contributed by atoms with Crippen molar-refractivity contribution in [1.82, 2.24) is 5.43 Å². The van der Waals surface area contributed by atoms with Gasteiger partial charge in [0.05, 0.1) is 30.9 Å². The van der Waals surface area contributed by atoms with Gasteiger partial charge in [-0.3, -0.25) is 4.79 Å². The molecule has 0 aliphatic carbocycles. The molecule has 1 aromatic carbocycles. The second kappa shape index (κ2) is 6.54. The molecule has 0 bridgehead atoms. The fourth-order valence-corrected chi connectivity index (χ4v) is 2.23. The molecule has 1 N–H and O–H groups in total. The third-order valence-electron chi connectivity index (χ3n) is 2.74. The lowest BCUT2D eigenvalue weighted by atomic mass is 10.2. The molecule has 1 saturated heterocycles. The van der Waals surface area contributed by atoms with Gasteiger partial charge in [0.1, 0.15) is 0 Å². The third-order valence-corrected chi connectivity index (χ3v) is 3.30. The lowest BCUT2D eigenvalue weighted by Gasteiger charge is -2.20. The number of nitrogens with zero attached hydrogens (tertiary/aromatic N) is 1. The van der Waals surface area contributed by atoms with E-state index in [1.54, 1.807) is 25.1 Å². The topological polar surface area (TPSA) is 59.9 Å². The van der Waals surface area contributed by atoms with Crippen molar-refractivity contribution >= 4 is 35.3 Å². The Morgan fingerprint density at radius 1 is 1.45 bits per heavy atom. The first kappa shape index (κ1) is 15.3. The van der Waals surface area contributed by atoms with Crippen molar-refractivity contribution in [3.63, 3.8) is 0 Å². The van der Waals surface area contributed by atoms with Gasteiger partial charge in [-0.25, -0.2) is 5.43 Å². The molecule has 108 valence electrons. The summed E-state index contributed by atoms with van der Waals surface area (Å²) in [7, 11) is 0. The summed E-state index contributed by atoms with van der Waals surface area (Å²) in [5, 5.41) is 4.85. The third kappa shape index (κ3) is 4.18. The van der Waals surface area contributed by atoms with Gasteiger partial charge in [-0.15, -0.1) is 0 Å². The van der Waals surface area contributed by atoms with Crippen molar-refractivity contribution in [2.45, 2.75) is 19.1 Å². The van der Waals surface area contributed by atoms with Crippen LogP contribution in [0.4, 0.5) is 0 Å². The quantitative estimate of drug-likeness (QED) is 0.686. The molecule has 1 aromatic rings. The van der Waals surface area contributed by atoms with Crippen LogP contribution >= 0.6 is 23.2 Å². The zero-order chi connectivity index (χ0) is 14.6. The summed E-state index contributed by atoms with van der Waals surface area (Å²) in [6.07, 6.45) is 1.54. The van der Waals surface area contributed by atoms with Crippen molar-refractivity contribution in [3.8, 4) is 0 Å². The van der Waals surface area contributed by atoms with Crippen LogP contribution in [-0.2, 0) is 14.3 Å². The molecule has 0 unspecified atom stereocenters. The fraction of sp³-hybridized carbons (Fsp3) is 0.385. The van der Waals surface area contributed by atoms with Crippen molar-refractivity contribution in [3.05, 3.63) is 33.8 Å². The second-order valence-electron chi connectivity index (χ2n) is 4.47. The van der Waals surface area contributed by atoms with Gasteiger partial charge in [-0.1, -0.05) is 29.3 Å². The number of hydrogen-bond acceptors (Lipinski definition) is 4. The summed E-state index contributed by atoms with van der Waals surface area (Å²) in [5.74, 6) is -1.16. The fourth-order valence-electron chi connectivity index (χ4n) is 1.77. The van der Waals surface area contributed by atoms with Crippen LogP contribution in [0.1, 0.15) is 18.9 Å². The van der Waals surface area contributed by atoms with E-state index < -0.39 is 5.79 Å². The van der Waals surface area contributed by atoms with Crippen LogP contribution < -0.4 is 5.43 Å². The van der Waals surface area contributed by atoms with Gasteiger partial charge in [-0.2, -0.15) is 5.10 Å². The molecule has 0 saturated carbocycles. The smallest absolute Gasteiger partial charge is 0.245 e. The first-order valence-corrected chi connectivity index (χ1v) is 6.79. The second-order valence-corrected chi connectivity index (χ2v) is 5.31. The Morgan fingerprint density at radius 3 is 2.80 bits per heavy atom. The average Bonchev–Trinajstić information content (AvgIpc) is 2.78. The van der Waals surface area contributed by atoms with Crippen molar-refractivity contribution in [2.24, 2.45) is 5.10 Å². The van der Waals surface area contributed by atoms with Gasteiger partial charge in [0.2, 0.25) is 5.91 Å². The maximum absolute atomic E-state index is 11.7. The van der Waals surface area contributed by atoms with E-state index in [9.17, 15) is 4.79 Å². The molecular formula is C13H14Cl2N2O3. The van der Waals surface area contributed by atoms with Gasteiger partial charge in [0.15, 0.2) is 5.79 Å². The first-order chi connectivity index (χ1) is 9.48. The summed E-state index contributed by atoms with van der Waals surface area (Å²) >= 11 is 11.8. The predicted octanol–water partition coefficient (Wildman–Crippen LogP) is 2.60. The average molecular weight is 317 g/mol. The Bertz CT molecular complexity index is 528. The SMILES string of the molecule is CC1(CC(=O)NN=Cc2ccc(Cl)cc2Cl)OCCO1. The highest BCUT2D eigenvalue weighted by atomic mass is 35.5. The number of halogens is 2. The highest BCUT2D eigenvalue weighted by Gasteiger charge is 2.33. The number of amides is 1. The van der Waals surface area contributed by atoms with E-state index >= 15 is 0 Å². The van der Waals surface area contributed by atoms with E-state index in [1.165, 1.54) is 6.21 Å². The Morgan fingerprint density at radius 2 is 2.15 bits per heavy atom. The number of rotatable bonds is 4. The summed E-state index contributed by atoms with van der Waals surface area (Å²) in [4.78, 5) is 11.7. The van der Waals surface area contributed by atoms with Gasteiger partial charge in [0.25, 0.3) is 0 Å². The zero-order valence-electron chi connectivity index (χ0n) is 10.9. The Hall–Kier alpha value is -1.14. The highest BCUT2D eigenvalue weighted by molar-refractivity contribution is 6.36. The maximum atomic E-state index is 11.7. The summed E-state index contributed by atoms with van der Waals surface area (Å²) < 4.78 is 10.7. The standard InChI is InChI=1S/C13H14Cl2N2O3/c1-13(19-4-5-20-13)7-12(18)17-16-8-9-2-3-10(14)6-11(9)15/h2-3,6,8H,4-5,7H2,1H3,(H,17,18). The normalized spacial score (nSPS) is 17.6. The first-order valence-electron chi connectivity index (χ1n) is 6.03. The molecule has 1 amide bonds. The number of ether oxygens (including phenoxy) is 2. The van der Waals surface area contributed by atoms with Crippen LogP contribution in [0.5, 0.6) is 0 Å². The number of hydrogen-bond donors (Lipinski definition) is 1. The molecule has 0 aromatic heterocycles. The van der Waals surface area contributed by atoms with Gasteiger partial charge >= 0.3 is 0 Å². The molecule has 0 atom stereocenters. The van der Waals surface area contributed by atoms with E-state index in [0.29, 0.717) is 28.8 Å². The minimum absolute atomic E-state index is 0.0820. The number of nitrogens with one attached hydrogen (secondary N) is 1. The van der Waals surface area contributed by atoms with E-state index in [1.807, 2.05) is 0 Å². The minimum Gasteiger partial charge on any atom is -0.347 e. The molecule has 1 aliphatic heterocycles. The Labute approximate surface area is 126 Å². The van der Waals surface area contributed by atoms with E-state index in [4.69, 9.17) is 32.7 Å². The molecule has 1 fully saturated rings. The van der Waals surface area contributed by atoms with Crippen LogP contribution in [-0.4, -0.2) is 31.1 Å². The Balaban J connectivity index is 1.88. The van der Waals surface area contributed by atoms with Gasteiger partial charge in [-0.05, 0) is 19.1 Å². The van der Waals surface area contributed by atoms with Crippen LogP contribution in [0, 0.1) is 0 Å². The molecule has 2 rings (SSSR count). The molecule has 5 nitrogen and oxygen atoms in total. The number of carbonyl (C=O) groups is 1. The largest absolute Gasteiger partial charge is 0.347 e. The molecule has 0 spiro atoms. The minimum atomic E-state index is -0.864. The van der Waals surface area contributed by atoms with Crippen LogP contribution in [0.2, 0.25) is 10.0 Å².